The van der Waals surface area contributed by atoms with E-state index in [-0.39, 0.29) is 11.4 Å². The van der Waals surface area contributed by atoms with Gasteiger partial charge >= 0.3 is 0 Å². The van der Waals surface area contributed by atoms with Crippen LogP contribution in [-0.4, -0.2) is 38.3 Å². The van der Waals surface area contributed by atoms with Gasteiger partial charge in [-0.1, -0.05) is 18.4 Å². The number of allylic oxidation sites excluding steroid dienone is 1. The Bertz CT molecular complexity index is 317. The van der Waals surface area contributed by atoms with Crippen LogP contribution in [0.4, 0.5) is 0 Å². The molecule has 2 radical (unpaired) electrons. The summed E-state index contributed by atoms with van der Waals surface area (Å²) in [6, 6.07) is 0. The monoisotopic (exact) mass is 219 g/mol. The van der Waals surface area contributed by atoms with Gasteiger partial charge in [0.2, 0.25) is 5.91 Å². The summed E-state index contributed by atoms with van der Waals surface area (Å²) >= 11 is 0. The molecule has 0 spiro atoms. The Morgan fingerprint density at radius 1 is 1.56 bits per heavy atom. The first-order valence-electron chi connectivity index (χ1n) is 5.33. The van der Waals surface area contributed by atoms with Gasteiger partial charge in [0.25, 0.3) is 0 Å². The van der Waals surface area contributed by atoms with Gasteiger partial charge in [0, 0.05) is 6.54 Å². The quantitative estimate of drug-likeness (QED) is 0.294. The fourth-order valence-electron chi connectivity index (χ4n) is 1.13. The Morgan fingerprint density at radius 2 is 2.19 bits per heavy atom. The van der Waals surface area contributed by atoms with Gasteiger partial charge in [0.15, 0.2) is 5.76 Å². The van der Waals surface area contributed by atoms with Gasteiger partial charge in [-0.25, -0.2) is 0 Å². The molecule has 0 rings (SSSR count). The fourth-order valence-corrected chi connectivity index (χ4v) is 1.13. The van der Waals surface area contributed by atoms with Crippen molar-refractivity contribution >= 4 is 13.8 Å². The highest BCUT2D eigenvalue weighted by molar-refractivity contribution is 6.36. The lowest BCUT2D eigenvalue weighted by Gasteiger charge is -2.22. The SMILES string of the molecule is [B]/C(=C/C)C(=O)N(CC)CC(=C=C)OCC. The van der Waals surface area contributed by atoms with Crippen LogP contribution in [0.5, 0.6) is 0 Å². The van der Waals surface area contributed by atoms with Crippen molar-refractivity contribution in [2.75, 3.05) is 19.7 Å². The van der Waals surface area contributed by atoms with E-state index in [1.54, 1.807) is 17.9 Å². The van der Waals surface area contributed by atoms with Gasteiger partial charge in [-0.2, -0.15) is 0 Å². The van der Waals surface area contributed by atoms with E-state index >= 15 is 0 Å². The van der Waals surface area contributed by atoms with Crippen LogP contribution in [0.3, 0.4) is 0 Å². The maximum Gasteiger partial charge on any atom is 0.239 e. The molecule has 1 amide bonds. The molecule has 0 aromatic rings. The number of carbonyl (C=O) groups excluding carboxylic acids is 1. The third kappa shape index (κ3) is 4.41. The lowest BCUT2D eigenvalue weighted by Crippen LogP contribution is -2.34. The summed E-state index contributed by atoms with van der Waals surface area (Å²) in [7, 11) is 5.57. The zero-order chi connectivity index (χ0) is 12.6. The topological polar surface area (TPSA) is 29.5 Å². The van der Waals surface area contributed by atoms with Gasteiger partial charge < -0.3 is 9.64 Å². The summed E-state index contributed by atoms with van der Waals surface area (Å²) in [5.74, 6) is 0.360. The lowest BCUT2D eigenvalue weighted by molar-refractivity contribution is -0.126. The number of nitrogens with zero attached hydrogens (tertiary/aromatic N) is 1. The molecular formula is C12H18BNO2. The van der Waals surface area contributed by atoms with E-state index < -0.39 is 0 Å². The standard InChI is InChI=1S/C12H18BNO2/c1-5-10(16-8-4)9-14(7-3)12(15)11(13)6-2/h6H,1,7-9H2,2-4H3/b11-6+. The number of carbonyl (C=O) groups is 1. The number of amides is 1. The molecule has 86 valence electrons. The maximum atomic E-state index is 11.8. The van der Waals surface area contributed by atoms with E-state index in [4.69, 9.17) is 12.6 Å². The fraction of sp³-hybridized carbons (Fsp3) is 0.500. The minimum atomic E-state index is -0.197. The lowest BCUT2D eigenvalue weighted by atomic mass is 9.94. The molecule has 0 fully saturated rings. The smallest absolute Gasteiger partial charge is 0.239 e. The number of rotatable bonds is 6. The van der Waals surface area contributed by atoms with Crippen molar-refractivity contribution in [3.05, 3.63) is 29.6 Å². The summed E-state index contributed by atoms with van der Waals surface area (Å²) in [5.41, 5.74) is 2.91. The highest BCUT2D eigenvalue weighted by Crippen LogP contribution is 2.04. The molecule has 16 heavy (non-hydrogen) atoms. The van der Waals surface area contributed by atoms with E-state index in [1.165, 1.54) is 0 Å². The third-order valence-corrected chi connectivity index (χ3v) is 2.08. The molecular weight excluding hydrogens is 201 g/mol. The summed E-state index contributed by atoms with van der Waals surface area (Å²) < 4.78 is 5.28. The Balaban J connectivity index is 4.64. The predicted molar refractivity (Wildman–Crippen MR) is 66.0 cm³/mol. The molecule has 0 bridgehead atoms. The number of hydrogen-bond donors (Lipinski definition) is 0. The van der Waals surface area contributed by atoms with Crippen molar-refractivity contribution in [2.45, 2.75) is 20.8 Å². The highest BCUT2D eigenvalue weighted by atomic mass is 16.5. The van der Waals surface area contributed by atoms with E-state index in [0.717, 1.165) is 0 Å². The molecule has 0 atom stereocenters. The Labute approximate surface area is 98.9 Å². The first kappa shape index (κ1) is 14.6. The highest BCUT2D eigenvalue weighted by Gasteiger charge is 2.14. The van der Waals surface area contributed by atoms with Crippen molar-refractivity contribution in [3.8, 4) is 0 Å². The average molecular weight is 219 g/mol. The van der Waals surface area contributed by atoms with Gasteiger partial charge in [0.05, 0.1) is 13.2 Å². The van der Waals surface area contributed by atoms with Crippen LogP contribution < -0.4 is 0 Å². The maximum absolute atomic E-state index is 11.8. The average Bonchev–Trinajstić information content (AvgIpc) is 2.32. The van der Waals surface area contributed by atoms with Gasteiger partial charge in [-0.15, -0.1) is 0 Å². The predicted octanol–water partition coefficient (Wildman–Crippen LogP) is 1.61. The van der Waals surface area contributed by atoms with Crippen molar-refractivity contribution < 1.29 is 9.53 Å². The Kier molecular flexibility index (Phi) is 7.14. The molecule has 0 aliphatic heterocycles. The second-order valence-electron chi connectivity index (χ2n) is 3.10. The van der Waals surface area contributed by atoms with Crippen LogP contribution in [0, 0.1) is 0 Å². The molecule has 0 aromatic heterocycles. The molecule has 0 saturated heterocycles. The van der Waals surface area contributed by atoms with E-state index in [0.29, 0.717) is 25.5 Å². The van der Waals surface area contributed by atoms with E-state index in [2.05, 4.69) is 12.3 Å². The van der Waals surface area contributed by atoms with Gasteiger partial charge in [0.1, 0.15) is 7.85 Å². The molecule has 4 heteroatoms. The first-order valence-corrected chi connectivity index (χ1v) is 5.33. The minimum Gasteiger partial charge on any atom is -0.488 e. The molecule has 0 heterocycles. The largest absolute Gasteiger partial charge is 0.488 e. The first-order chi connectivity index (χ1) is 7.60. The van der Waals surface area contributed by atoms with Crippen LogP contribution >= 0.6 is 0 Å². The number of likely N-dealkylation sites (N-methyl/N-ethyl adjacent to an activating group) is 1. The summed E-state index contributed by atoms with van der Waals surface area (Å²) in [6.45, 7) is 10.4. The Morgan fingerprint density at radius 3 is 2.56 bits per heavy atom. The van der Waals surface area contributed by atoms with Crippen LogP contribution in [0.2, 0.25) is 0 Å². The van der Waals surface area contributed by atoms with Gasteiger partial charge in [-0.3, -0.25) is 4.79 Å². The summed E-state index contributed by atoms with van der Waals surface area (Å²) in [5, 5.41) is 0. The second-order valence-corrected chi connectivity index (χ2v) is 3.10. The van der Waals surface area contributed by atoms with Crippen molar-refractivity contribution in [2.24, 2.45) is 0 Å². The molecule has 0 aliphatic carbocycles. The zero-order valence-electron chi connectivity index (χ0n) is 10.2. The van der Waals surface area contributed by atoms with E-state index in [1.807, 2.05) is 13.8 Å². The third-order valence-electron chi connectivity index (χ3n) is 2.08. The molecule has 0 aliphatic rings. The van der Waals surface area contributed by atoms with Crippen LogP contribution in [0.25, 0.3) is 0 Å². The Hall–Kier alpha value is -1.41. The van der Waals surface area contributed by atoms with Crippen molar-refractivity contribution in [3.63, 3.8) is 0 Å². The van der Waals surface area contributed by atoms with Crippen molar-refractivity contribution in [1.29, 1.82) is 0 Å². The molecule has 0 saturated carbocycles. The molecule has 0 aromatic carbocycles. The van der Waals surface area contributed by atoms with Crippen LogP contribution in [0.15, 0.2) is 29.6 Å². The molecule has 0 N–H and O–H groups in total. The number of ether oxygens (including phenoxy) is 1. The van der Waals surface area contributed by atoms with E-state index in [9.17, 15) is 4.79 Å². The van der Waals surface area contributed by atoms with Crippen LogP contribution in [0.1, 0.15) is 20.8 Å². The van der Waals surface area contributed by atoms with Gasteiger partial charge in [-0.05, 0) is 26.2 Å². The normalized spacial score (nSPS) is 10.6. The number of hydrogen-bond acceptors (Lipinski definition) is 2. The van der Waals surface area contributed by atoms with Crippen LogP contribution in [-0.2, 0) is 9.53 Å². The minimum absolute atomic E-state index is 0.197. The summed E-state index contributed by atoms with van der Waals surface area (Å²) in [4.78, 5) is 13.4. The van der Waals surface area contributed by atoms with Crippen molar-refractivity contribution in [1.82, 2.24) is 4.90 Å². The second kappa shape index (κ2) is 7.83. The molecule has 3 nitrogen and oxygen atoms in total. The summed E-state index contributed by atoms with van der Waals surface area (Å²) in [6.07, 6.45) is 1.59. The molecule has 0 unspecified atom stereocenters. The zero-order valence-corrected chi connectivity index (χ0v) is 10.2.